The molecule has 1 aromatic heterocycles. The van der Waals surface area contributed by atoms with Gasteiger partial charge in [0.2, 0.25) is 11.9 Å². The Morgan fingerprint density at radius 1 is 1.55 bits per heavy atom. The Bertz CT molecular complexity index is 668. The SMILES string of the molecule is CCCNC(=O)CCn1c(N)nc2ccc(C#N)cc21. The molecule has 0 radical (unpaired) electrons. The van der Waals surface area contributed by atoms with E-state index >= 15 is 0 Å². The summed E-state index contributed by atoms with van der Waals surface area (Å²) in [4.78, 5) is 15.9. The Morgan fingerprint density at radius 2 is 2.35 bits per heavy atom. The molecular formula is C14H17N5O. The van der Waals surface area contributed by atoms with Crippen molar-refractivity contribution in [3.63, 3.8) is 0 Å². The van der Waals surface area contributed by atoms with Crippen molar-refractivity contribution in [3.8, 4) is 6.07 Å². The Labute approximate surface area is 117 Å². The zero-order chi connectivity index (χ0) is 14.5. The highest BCUT2D eigenvalue weighted by atomic mass is 16.1. The summed E-state index contributed by atoms with van der Waals surface area (Å²) in [5.74, 6) is 0.350. The van der Waals surface area contributed by atoms with Crippen LogP contribution in [0.25, 0.3) is 11.0 Å². The maximum Gasteiger partial charge on any atom is 0.221 e. The summed E-state index contributed by atoms with van der Waals surface area (Å²) in [5, 5.41) is 11.8. The Balaban J connectivity index is 2.19. The summed E-state index contributed by atoms with van der Waals surface area (Å²) in [7, 11) is 0. The first-order valence-electron chi connectivity index (χ1n) is 6.58. The van der Waals surface area contributed by atoms with Crippen LogP contribution in [0.1, 0.15) is 25.3 Å². The van der Waals surface area contributed by atoms with Crippen LogP contribution in [0.4, 0.5) is 5.95 Å². The van der Waals surface area contributed by atoms with E-state index in [2.05, 4.69) is 16.4 Å². The fraction of sp³-hybridized carbons (Fsp3) is 0.357. The molecule has 1 heterocycles. The molecule has 104 valence electrons. The molecule has 0 unspecified atom stereocenters. The number of carbonyl (C=O) groups excluding carboxylic acids is 1. The summed E-state index contributed by atoms with van der Waals surface area (Å²) in [5.41, 5.74) is 7.93. The highest BCUT2D eigenvalue weighted by Gasteiger charge is 2.10. The topological polar surface area (TPSA) is 96.7 Å². The van der Waals surface area contributed by atoms with Crippen LogP contribution in [0.3, 0.4) is 0 Å². The first kappa shape index (κ1) is 13.9. The normalized spacial score (nSPS) is 10.4. The highest BCUT2D eigenvalue weighted by molar-refractivity contribution is 5.80. The van der Waals surface area contributed by atoms with Crippen molar-refractivity contribution in [3.05, 3.63) is 23.8 Å². The maximum absolute atomic E-state index is 11.6. The number of rotatable bonds is 5. The Kier molecular flexibility index (Phi) is 4.20. The summed E-state index contributed by atoms with van der Waals surface area (Å²) < 4.78 is 1.77. The lowest BCUT2D eigenvalue weighted by atomic mass is 10.2. The third kappa shape index (κ3) is 2.88. The molecule has 0 bridgehead atoms. The molecule has 0 saturated carbocycles. The second-order valence-electron chi connectivity index (χ2n) is 4.54. The van der Waals surface area contributed by atoms with Crippen molar-refractivity contribution < 1.29 is 4.79 Å². The van der Waals surface area contributed by atoms with Crippen molar-refractivity contribution in [1.29, 1.82) is 5.26 Å². The lowest BCUT2D eigenvalue weighted by molar-refractivity contribution is -0.121. The van der Waals surface area contributed by atoms with Crippen LogP contribution in [0, 0.1) is 11.3 Å². The third-order valence-corrected chi connectivity index (χ3v) is 3.04. The van der Waals surface area contributed by atoms with E-state index in [-0.39, 0.29) is 5.91 Å². The minimum atomic E-state index is -0.00969. The van der Waals surface area contributed by atoms with Crippen LogP contribution in [0.15, 0.2) is 18.2 Å². The number of benzene rings is 1. The first-order valence-corrected chi connectivity index (χ1v) is 6.58. The van der Waals surface area contributed by atoms with Crippen molar-refractivity contribution in [2.24, 2.45) is 0 Å². The van der Waals surface area contributed by atoms with Gasteiger partial charge in [0.05, 0.1) is 22.7 Å². The molecule has 2 aromatic rings. The van der Waals surface area contributed by atoms with Gasteiger partial charge >= 0.3 is 0 Å². The monoisotopic (exact) mass is 271 g/mol. The van der Waals surface area contributed by atoms with E-state index in [0.717, 1.165) is 17.5 Å². The number of nitriles is 1. The van der Waals surface area contributed by atoms with E-state index in [1.807, 2.05) is 6.92 Å². The van der Waals surface area contributed by atoms with Gasteiger partial charge in [-0.1, -0.05) is 6.92 Å². The van der Waals surface area contributed by atoms with Crippen LogP contribution in [0.2, 0.25) is 0 Å². The summed E-state index contributed by atoms with van der Waals surface area (Å²) in [6.07, 6.45) is 1.25. The standard InChI is InChI=1S/C14H17N5O/c1-2-6-17-13(20)5-7-19-12-8-10(9-15)3-4-11(12)18-14(19)16/h3-4,8H,2,5-7H2,1H3,(H2,16,18)(H,17,20). The van der Waals surface area contributed by atoms with Gasteiger partial charge in [-0.3, -0.25) is 4.79 Å². The number of fused-ring (bicyclic) bond motifs is 1. The smallest absolute Gasteiger partial charge is 0.221 e. The molecule has 6 nitrogen and oxygen atoms in total. The fourth-order valence-electron chi connectivity index (χ4n) is 2.01. The van der Waals surface area contributed by atoms with Crippen molar-refractivity contribution in [2.75, 3.05) is 12.3 Å². The lowest BCUT2D eigenvalue weighted by Gasteiger charge is -2.07. The first-order chi connectivity index (χ1) is 9.65. The molecule has 0 aliphatic carbocycles. The second kappa shape index (κ2) is 6.06. The van der Waals surface area contributed by atoms with Crippen molar-refractivity contribution >= 4 is 22.9 Å². The zero-order valence-corrected chi connectivity index (χ0v) is 11.4. The molecule has 20 heavy (non-hydrogen) atoms. The van der Waals surface area contributed by atoms with Crippen LogP contribution >= 0.6 is 0 Å². The van der Waals surface area contributed by atoms with Gasteiger partial charge in [-0.2, -0.15) is 5.26 Å². The van der Waals surface area contributed by atoms with Gasteiger partial charge < -0.3 is 15.6 Å². The molecule has 0 aliphatic rings. The molecule has 1 aromatic carbocycles. The number of carbonyl (C=O) groups is 1. The molecule has 0 saturated heterocycles. The van der Waals surface area contributed by atoms with Gasteiger partial charge in [-0.25, -0.2) is 4.98 Å². The van der Waals surface area contributed by atoms with Crippen LogP contribution in [0.5, 0.6) is 0 Å². The summed E-state index contributed by atoms with van der Waals surface area (Å²) >= 11 is 0. The number of nitrogens with one attached hydrogen (secondary N) is 1. The Morgan fingerprint density at radius 3 is 3.05 bits per heavy atom. The molecular weight excluding hydrogens is 254 g/mol. The fourth-order valence-corrected chi connectivity index (χ4v) is 2.01. The summed E-state index contributed by atoms with van der Waals surface area (Å²) in [6, 6.07) is 7.29. The zero-order valence-electron chi connectivity index (χ0n) is 11.4. The third-order valence-electron chi connectivity index (χ3n) is 3.04. The average molecular weight is 271 g/mol. The van der Waals surface area contributed by atoms with Gasteiger partial charge in [0.1, 0.15) is 0 Å². The molecule has 3 N–H and O–H groups in total. The second-order valence-corrected chi connectivity index (χ2v) is 4.54. The molecule has 0 spiro atoms. The number of nitrogens with zero attached hydrogens (tertiary/aromatic N) is 3. The minimum Gasteiger partial charge on any atom is -0.369 e. The number of anilines is 1. The number of imidazole rings is 1. The van der Waals surface area contributed by atoms with Gasteiger partial charge in [0.25, 0.3) is 0 Å². The van der Waals surface area contributed by atoms with Gasteiger partial charge in [0.15, 0.2) is 0 Å². The summed E-state index contributed by atoms with van der Waals surface area (Å²) in [6.45, 7) is 3.13. The molecule has 0 fully saturated rings. The average Bonchev–Trinajstić information content (AvgIpc) is 2.77. The quantitative estimate of drug-likeness (QED) is 0.859. The number of nitrogen functional groups attached to an aromatic ring is 1. The highest BCUT2D eigenvalue weighted by Crippen LogP contribution is 2.19. The number of nitrogens with two attached hydrogens (primary N) is 1. The van der Waals surface area contributed by atoms with Crippen LogP contribution in [-0.2, 0) is 11.3 Å². The number of hydrogen-bond donors (Lipinski definition) is 2. The maximum atomic E-state index is 11.6. The van der Waals surface area contributed by atoms with Crippen molar-refractivity contribution in [2.45, 2.75) is 26.3 Å². The van der Waals surface area contributed by atoms with Gasteiger partial charge in [-0.05, 0) is 24.6 Å². The van der Waals surface area contributed by atoms with Gasteiger partial charge in [-0.15, -0.1) is 0 Å². The number of hydrogen-bond acceptors (Lipinski definition) is 4. The molecule has 0 aliphatic heterocycles. The van der Waals surface area contributed by atoms with Crippen molar-refractivity contribution in [1.82, 2.24) is 14.9 Å². The minimum absolute atomic E-state index is 0.00969. The molecule has 2 rings (SSSR count). The predicted octanol–water partition coefficient (Wildman–Crippen LogP) is 1.41. The number of aryl methyl sites for hydroxylation is 1. The van der Waals surface area contributed by atoms with E-state index in [1.54, 1.807) is 22.8 Å². The molecule has 1 amide bonds. The van der Waals surface area contributed by atoms with E-state index < -0.39 is 0 Å². The van der Waals surface area contributed by atoms with Gasteiger partial charge in [0, 0.05) is 19.5 Å². The van der Waals surface area contributed by atoms with E-state index in [9.17, 15) is 4.79 Å². The number of amides is 1. The largest absolute Gasteiger partial charge is 0.369 e. The van der Waals surface area contributed by atoms with E-state index in [1.165, 1.54) is 0 Å². The number of aromatic nitrogens is 2. The molecule has 0 atom stereocenters. The Hall–Kier alpha value is -2.55. The van der Waals surface area contributed by atoms with Crippen LogP contribution in [-0.4, -0.2) is 22.0 Å². The van der Waals surface area contributed by atoms with E-state index in [4.69, 9.17) is 11.0 Å². The molecule has 6 heteroatoms. The van der Waals surface area contributed by atoms with Crippen LogP contribution < -0.4 is 11.1 Å². The van der Waals surface area contributed by atoms with E-state index in [0.29, 0.717) is 31.0 Å². The lowest BCUT2D eigenvalue weighted by Crippen LogP contribution is -2.25. The predicted molar refractivity (Wildman–Crippen MR) is 76.8 cm³/mol.